The molecule has 0 unspecified atom stereocenters. The predicted molar refractivity (Wildman–Crippen MR) is 120 cm³/mol. The van der Waals surface area contributed by atoms with E-state index in [4.69, 9.17) is 16.3 Å². The molecule has 1 aliphatic carbocycles. The molecular weight excluding hydrogens is 430 g/mol. The van der Waals surface area contributed by atoms with Gasteiger partial charge >= 0.3 is 5.97 Å². The third-order valence-corrected chi connectivity index (χ3v) is 5.20. The van der Waals surface area contributed by atoms with E-state index in [1.54, 1.807) is 48.5 Å². The average molecular weight is 446 g/mol. The summed E-state index contributed by atoms with van der Waals surface area (Å²) in [5.74, 6) is -1.82. The normalized spacial score (nSPS) is 12.3. The monoisotopic (exact) mass is 445 g/mol. The van der Waals surface area contributed by atoms with Crippen LogP contribution in [0, 0.1) is 0 Å². The van der Waals surface area contributed by atoms with Crippen LogP contribution in [0.5, 0.6) is 0 Å². The van der Waals surface area contributed by atoms with Crippen molar-refractivity contribution in [2.75, 3.05) is 11.9 Å². The Kier molecular flexibility index (Phi) is 5.96. The van der Waals surface area contributed by atoms with E-state index < -0.39 is 18.5 Å². The van der Waals surface area contributed by atoms with E-state index >= 15 is 0 Å². The number of anilines is 1. The van der Waals surface area contributed by atoms with Crippen LogP contribution in [0.3, 0.4) is 0 Å². The summed E-state index contributed by atoms with van der Waals surface area (Å²) in [6, 6.07) is 18.0. The molecule has 0 atom stereocenters. The third kappa shape index (κ3) is 4.36. The van der Waals surface area contributed by atoms with Crippen LogP contribution in [-0.2, 0) is 14.3 Å². The molecule has 1 amide bonds. The Bertz CT molecular complexity index is 1290. The number of esters is 1. The molecule has 3 aromatic carbocycles. The van der Waals surface area contributed by atoms with Crippen molar-refractivity contribution in [3.05, 3.63) is 106 Å². The van der Waals surface area contributed by atoms with Gasteiger partial charge in [0.25, 0.3) is 5.91 Å². The largest absolute Gasteiger partial charge is 0.452 e. The maximum absolute atomic E-state index is 12.8. The van der Waals surface area contributed by atoms with Crippen molar-refractivity contribution < 1.29 is 23.9 Å². The second-order valence-electron chi connectivity index (χ2n) is 6.97. The molecule has 0 saturated heterocycles. The number of fused-ring (bicyclic) bond motifs is 2. The van der Waals surface area contributed by atoms with Gasteiger partial charge in [0.2, 0.25) is 0 Å². The van der Waals surface area contributed by atoms with E-state index in [2.05, 4.69) is 5.32 Å². The first-order chi connectivity index (χ1) is 15.4. The van der Waals surface area contributed by atoms with Crippen LogP contribution >= 0.6 is 11.6 Å². The van der Waals surface area contributed by atoms with E-state index in [1.807, 2.05) is 0 Å². The van der Waals surface area contributed by atoms with Gasteiger partial charge in [-0.05, 0) is 35.9 Å². The Morgan fingerprint density at radius 2 is 1.47 bits per heavy atom. The van der Waals surface area contributed by atoms with E-state index in [1.165, 1.54) is 30.4 Å². The summed E-state index contributed by atoms with van der Waals surface area (Å²) < 4.78 is 4.93. The van der Waals surface area contributed by atoms with Crippen LogP contribution < -0.4 is 5.32 Å². The molecule has 0 heterocycles. The maximum Gasteiger partial charge on any atom is 0.331 e. The summed E-state index contributed by atoms with van der Waals surface area (Å²) >= 11 is 6.01. The highest BCUT2D eigenvalue weighted by Gasteiger charge is 2.29. The van der Waals surface area contributed by atoms with Gasteiger partial charge in [-0.1, -0.05) is 54.1 Å². The van der Waals surface area contributed by atoms with Crippen molar-refractivity contribution in [2.45, 2.75) is 0 Å². The summed E-state index contributed by atoms with van der Waals surface area (Å²) in [6.45, 7) is -0.515. The zero-order valence-corrected chi connectivity index (χ0v) is 17.4. The minimum atomic E-state index is -0.706. The number of ether oxygens (including phenoxy) is 1. The number of hydrogen-bond acceptors (Lipinski definition) is 5. The molecule has 1 aliphatic rings. The Balaban J connectivity index is 1.39. The lowest BCUT2D eigenvalue weighted by Crippen LogP contribution is -2.23. The molecule has 6 nitrogen and oxygen atoms in total. The van der Waals surface area contributed by atoms with Crippen molar-refractivity contribution in [1.29, 1.82) is 0 Å². The number of benzene rings is 3. The number of hydrogen-bond donors (Lipinski definition) is 1. The molecule has 0 aliphatic heterocycles. The second kappa shape index (κ2) is 8.99. The van der Waals surface area contributed by atoms with E-state index in [0.717, 1.165) is 0 Å². The fourth-order valence-corrected chi connectivity index (χ4v) is 3.53. The first kappa shape index (κ1) is 21.2. The molecule has 7 heteroatoms. The highest BCUT2D eigenvalue weighted by molar-refractivity contribution is 6.32. The van der Waals surface area contributed by atoms with Gasteiger partial charge < -0.3 is 10.1 Å². The summed E-state index contributed by atoms with van der Waals surface area (Å²) in [7, 11) is 0. The van der Waals surface area contributed by atoms with Crippen LogP contribution in [0.2, 0.25) is 5.02 Å². The molecule has 0 bridgehead atoms. The van der Waals surface area contributed by atoms with Crippen molar-refractivity contribution in [3.8, 4) is 0 Å². The molecule has 4 rings (SSSR count). The number of carbonyl (C=O) groups excluding carboxylic acids is 4. The lowest BCUT2D eigenvalue weighted by molar-refractivity contribution is -0.142. The quantitative estimate of drug-likeness (QED) is 0.365. The van der Waals surface area contributed by atoms with Gasteiger partial charge in [-0.25, -0.2) is 4.79 Å². The Hall–Kier alpha value is -4.03. The molecule has 0 saturated carbocycles. The fourth-order valence-electron chi connectivity index (χ4n) is 3.33. The van der Waals surface area contributed by atoms with Crippen molar-refractivity contribution in [1.82, 2.24) is 0 Å². The smallest absolute Gasteiger partial charge is 0.331 e. The molecule has 1 N–H and O–H groups in total. The Labute approximate surface area is 188 Å². The number of rotatable bonds is 5. The highest BCUT2D eigenvalue weighted by atomic mass is 35.5. The SMILES string of the molecule is O=C(COC(=O)C=Cc1ccccc1Cl)Nc1ccc2c(c1)C(=O)c1ccccc1C2=O. The average Bonchev–Trinajstić information content (AvgIpc) is 2.80. The number of halogens is 1. The molecule has 0 fully saturated rings. The minimum Gasteiger partial charge on any atom is -0.452 e. The first-order valence-electron chi connectivity index (χ1n) is 9.66. The summed E-state index contributed by atoms with van der Waals surface area (Å²) in [5.41, 5.74) is 2.14. The maximum atomic E-state index is 12.8. The summed E-state index contributed by atoms with van der Waals surface area (Å²) in [4.78, 5) is 49.4. The van der Waals surface area contributed by atoms with Crippen LogP contribution in [0.4, 0.5) is 5.69 Å². The third-order valence-electron chi connectivity index (χ3n) is 4.86. The Morgan fingerprint density at radius 3 is 2.19 bits per heavy atom. The van der Waals surface area contributed by atoms with Crippen molar-refractivity contribution in [2.24, 2.45) is 0 Å². The lowest BCUT2D eigenvalue weighted by Gasteiger charge is -2.18. The molecule has 32 heavy (non-hydrogen) atoms. The van der Waals surface area contributed by atoms with Gasteiger partial charge in [0, 0.05) is 39.0 Å². The van der Waals surface area contributed by atoms with Crippen LogP contribution in [-0.4, -0.2) is 30.0 Å². The van der Waals surface area contributed by atoms with Gasteiger partial charge in [0.05, 0.1) is 0 Å². The van der Waals surface area contributed by atoms with Crippen LogP contribution in [0.25, 0.3) is 6.08 Å². The molecule has 0 spiro atoms. The number of carbonyl (C=O) groups is 4. The Morgan fingerprint density at radius 1 is 0.844 bits per heavy atom. The highest BCUT2D eigenvalue weighted by Crippen LogP contribution is 2.29. The number of amides is 1. The van der Waals surface area contributed by atoms with E-state index in [9.17, 15) is 19.2 Å². The van der Waals surface area contributed by atoms with Gasteiger partial charge in [-0.3, -0.25) is 14.4 Å². The zero-order valence-electron chi connectivity index (χ0n) is 16.6. The zero-order chi connectivity index (χ0) is 22.7. The molecular formula is C25H16ClNO5. The van der Waals surface area contributed by atoms with Gasteiger partial charge in [-0.15, -0.1) is 0 Å². The van der Waals surface area contributed by atoms with Crippen molar-refractivity contribution >= 4 is 46.8 Å². The summed E-state index contributed by atoms with van der Waals surface area (Å²) in [6.07, 6.45) is 2.67. The van der Waals surface area contributed by atoms with Crippen LogP contribution in [0.1, 0.15) is 37.4 Å². The van der Waals surface area contributed by atoms with Crippen LogP contribution in [0.15, 0.2) is 72.8 Å². The fraction of sp³-hybridized carbons (Fsp3) is 0.0400. The van der Waals surface area contributed by atoms with Gasteiger partial charge in [0.1, 0.15) is 0 Å². The van der Waals surface area contributed by atoms with E-state index in [-0.39, 0.29) is 22.7 Å². The second-order valence-corrected chi connectivity index (χ2v) is 7.38. The van der Waals surface area contributed by atoms with E-state index in [0.29, 0.717) is 27.4 Å². The lowest BCUT2D eigenvalue weighted by atomic mass is 9.84. The summed E-state index contributed by atoms with van der Waals surface area (Å²) in [5, 5.41) is 3.05. The minimum absolute atomic E-state index is 0.214. The van der Waals surface area contributed by atoms with Gasteiger partial charge in [-0.2, -0.15) is 0 Å². The molecule has 0 aromatic heterocycles. The topological polar surface area (TPSA) is 89.5 Å². The first-order valence-corrected chi connectivity index (χ1v) is 10.0. The van der Waals surface area contributed by atoms with Gasteiger partial charge in [0.15, 0.2) is 18.2 Å². The number of ketones is 2. The number of nitrogens with one attached hydrogen (secondary N) is 1. The molecule has 158 valence electrons. The predicted octanol–water partition coefficient (Wildman–Crippen LogP) is 4.31. The molecule has 0 radical (unpaired) electrons. The standard InChI is InChI=1S/C25H16ClNO5/c26-21-8-4-1-5-15(21)9-12-23(29)32-14-22(28)27-16-10-11-19-20(13-16)25(31)18-7-3-2-6-17(18)24(19)30/h1-13H,14H2,(H,27,28). The van der Waals surface area contributed by atoms with Crippen molar-refractivity contribution in [3.63, 3.8) is 0 Å². The molecule has 3 aromatic rings.